The van der Waals surface area contributed by atoms with Crippen molar-refractivity contribution >= 4 is 17.5 Å². The molecule has 8 nitrogen and oxygen atoms in total. The molecule has 194 valence electrons. The van der Waals surface area contributed by atoms with E-state index in [2.05, 4.69) is 9.88 Å². The minimum absolute atomic E-state index is 0.0104. The van der Waals surface area contributed by atoms with Crippen LogP contribution in [-0.4, -0.2) is 52.2 Å². The number of methoxy groups -OCH3 is 1. The summed E-state index contributed by atoms with van der Waals surface area (Å²) in [6, 6.07) is 13.5. The van der Waals surface area contributed by atoms with Crippen molar-refractivity contribution in [2.75, 3.05) is 19.0 Å². The summed E-state index contributed by atoms with van der Waals surface area (Å²) in [7, 11) is 1.64. The molecule has 1 aliphatic heterocycles. The molecule has 8 heteroatoms. The van der Waals surface area contributed by atoms with Crippen LogP contribution >= 0.6 is 0 Å². The number of nitrogens with zero attached hydrogens (tertiary/aromatic N) is 2. The van der Waals surface area contributed by atoms with Crippen LogP contribution in [0.5, 0.6) is 5.75 Å². The smallest absolute Gasteiger partial charge is 0.256 e. The topological polar surface area (TPSA) is 110 Å². The van der Waals surface area contributed by atoms with E-state index < -0.39 is 5.91 Å². The molecule has 1 aromatic heterocycles. The maximum Gasteiger partial charge on any atom is 0.256 e. The maximum absolute atomic E-state index is 13.6. The van der Waals surface area contributed by atoms with Crippen molar-refractivity contribution in [1.29, 1.82) is 0 Å². The number of hydrogen-bond donors (Lipinski definition) is 3. The van der Waals surface area contributed by atoms with Gasteiger partial charge in [0.2, 0.25) is 0 Å². The van der Waals surface area contributed by atoms with Gasteiger partial charge in [-0.3, -0.25) is 9.59 Å². The molecule has 2 aromatic carbocycles. The van der Waals surface area contributed by atoms with Gasteiger partial charge < -0.3 is 30.4 Å². The van der Waals surface area contributed by atoms with E-state index in [4.69, 9.17) is 10.5 Å². The number of ether oxygens (including phenoxy) is 1. The fourth-order valence-corrected chi connectivity index (χ4v) is 5.60. The predicted octanol–water partition coefficient (Wildman–Crippen LogP) is 3.81. The summed E-state index contributed by atoms with van der Waals surface area (Å²) >= 11 is 0. The number of carbonyl (C=O) groups is 2. The zero-order valence-electron chi connectivity index (χ0n) is 21.4. The van der Waals surface area contributed by atoms with Crippen molar-refractivity contribution in [2.24, 2.45) is 5.73 Å². The van der Waals surface area contributed by atoms with Gasteiger partial charge in [-0.15, -0.1) is 0 Å². The van der Waals surface area contributed by atoms with Crippen molar-refractivity contribution in [1.82, 2.24) is 9.47 Å². The largest absolute Gasteiger partial charge is 0.496 e. The van der Waals surface area contributed by atoms with E-state index in [0.717, 1.165) is 59.5 Å². The predicted molar refractivity (Wildman–Crippen MR) is 142 cm³/mol. The van der Waals surface area contributed by atoms with Gasteiger partial charge in [0.1, 0.15) is 5.75 Å². The number of carbonyl (C=O) groups excluding carboxylic acids is 2. The van der Waals surface area contributed by atoms with Crippen LogP contribution in [0.3, 0.4) is 0 Å². The number of rotatable bonds is 7. The lowest BCUT2D eigenvalue weighted by atomic mass is 9.92. The molecule has 5 rings (SSSR count). The van der Waals surface area contributed by atoms with Crippen molar-refractivity contribution in [3.05, 3.63) is 76.6 Å². The van der Waals surface area contributed by atoms with Gasteiger partial charge >= 0.3 is 0 Å². The van der Waals surface area contributed by atoms with Crippen LogP contribution < -0.4 is 15.8 Å². The molecule has 0 saturated heterocycles. The number of para-hydroxylation sites is 1. The first kappa shape index (κ1) is 24.9. The molecule has 0 atom stereocenters. The highest BCUT2D eigenvalue weighted by atomic mass is 16.5. The Morgan fingerprint density at radius 2 is 1.92 bits per heavy atom. The van der Waals surface area contributed by atoms with Crippen LogP contribution in [0, 0.1) is 6.92 Å². The Bertz CT molecular complexity index is 1320. The molecule has 3 aromatic rings. The number of hydrogen-bond acceptors (Lipinski definition) is 5. The third kappa shape index (κ3) is 4.93. The van der Waals surface area contributed by atoms with E-state index in [1.165, 1.54) is 0 Å². The standard InChI is InChI=1S/C29H34N4O4/c1-18-16-33(21-9-12-23(28(30)35)24(15-21)31-20-7-10-22(34)11-8-20)25-13-14-32(29(36)27(18)25)17-19-5-3-4-6-26(19)37-2/h3-6,9,12,15-16,20,22,31,34H,7-8,10-11,13-14,17H2,1-2H3,(H2,30,35). The number of fused-ring (bicyclic) bond motifs is 1. The van der Waals surface area contributed by atoms with Gasteiger partial charge in [-0.25, -0.2) is 0 Å². The third-order valence-electron chi connectivity index (χ3n) is 7.57. The number of primary amides is 1. The summed E-state index contributed by atoms with van der Waals surface area (Å²) in [4.78, 5) is 27.6. The Hall–Kier alpha value is -3.78. The molecule has 2 aliphatic rings. The lowest BCUT2D eigenvalue weighted by molar-refractivity contribution is 0.0724. The van der Waals surface area contributed by atoms with Crippen LogP contribution in [-0.2, 0) is 13.0 Å². The summed E-state index contributed by atoms with van der Waals surface area (Å²) in [5.41, 5.74) is 11.3. The summed E-state index contributed by atoms with van der Waals surface area (Å²) in [5.74, 6) is 0.298. The van der Waals surface area contributed by atoms with Crippen LogP contribution in [0.4, 0.5) is 5.69 Å². The Balaban J connectivity index is 1.44. The van der Waals surface area contributed by atoms with Crippen molar-refractivity contribution in [2.45, 2.75) is 57.7 Å². The van der Waals surface area contributed by atoms with E-state index in [9.17, 15) is 14.7 Å². The number of nitrogens with one attached hydrogen (secondary N) is 1. The van der Waals surface area contributed by atoms with Gasteiger partial charge in [0.25, 0.3) is 11.8 Å². The number of nitrogens with two attached hydrogens (primary N) is 1. The normalized spacial score (nSPS) is 19.4. The van der Waals surface area contributed by atoms with Crippen LogP contribution in [0.1, 0.15) is 63.2 Å². The molecule has 4 N–H and O–H groups in total. The van der Waals surface area contributed by atoms with Gasteiger partial charge in [0.05, 0.1) is 24.3 Å². The van der Waals surface area contributed by atoms with Crippen molar-refractivity contribution in [3.8, 4) is 11.4 Å². The fraction of sp³-hybridized carbons (Fsp3) is 0.379. The Labute approximate surface area is 217 Å². The molecule has 0 spiro atoms. The molecule has 1 saturated carbocycles. The lowest BCUT2D eigenvalue weighted by Gasteiger charge is -2.29. The molecule has 0 bridgehead atoms. The van der Waals surface area contributed by atoms with E-state index in [1.807, 2.05) is 54.4 Å². The van der Waals surface area contributed by atoms with E-state index in [1.54, 1.807) is 13.2 Å². The molecule has 2 amide bonds. The minimum Gasteiger partial charge on any atom is -0.496 e. The highest BCUT2D eigenvalue weighted by Gasteiger charge is 2.30. The zero-order chi connectivity index (χ0) is 26.1. The second kappa shape index (κ2) is 10.3. The fourth-order valence-electron chi connectivity index (χ4n) is 5.60. The molecule has 1 fully saturated rings. The van der Waals surface area contributed by atoms with Gasteiger partial charge in [0, 0.05) is 54.4 Å². The van der Waals surface area contributed by atoms with E-state index in [-0.39, 0.29) is 18.1 Å². The van der Waals surface area contributed by atoms with Gasteiger partial charge in [-0.1, -0.05) is 18.2 Å². The molecule has 2 heterocycles. The highest BCUT2D eigenvalue weighted by Crippen LogP contribution is 2.32. The van der Waals surface area contributed by atoms with Gasteiger partial charge in [-0.2, -0.15) is 0 Å². The Morgan fingerprint density at radius 3 is 2.65 bits per heavy atom. The second-order valence-electron chi connectivity index (χ2n) is 10.0. The molecule has 37 heavy (non-hydrogen) atoms. The first-order valence-electron chi connectivity index (χ1n) is 12.9. The number of aromatic nitrogens is 1. The average Bonchev–Trinajstić information content (AvgIpc) is 3.24. The highest BCUT2D eigenvalue weighted by molar-refractivity contribution is 5.99. The van der Waals surface area contributed by atoms with Crippen LogP contribution in [0.25, 0.3) is 5.69 Å². The summed E-state index contributed by atoms with van der Waals surface area (Å²) in [5, 5.41) is 13.3. The molecular weight excluding hydrogens is 468 g/mol. The summed E-state index contributed by atoms with van der Waals surface area (Å²) in [6.45, 7) is 3.05. The first-order chi connectivity index (χ1) is 17.9. The van der Waals surface area contributed by atoms with Crippen molar-refractivity contribution in [3.63, 3.8) is 0 Å². The van der Waals surface area contributed by atoms with E-state index >= 15 is 0 Å². The molecule has 0 radical (unpaired) electrons. The first-order valence-corrected chi connectivity index (χ1v) is 12.9. The molecule has 1 aliphatic carbocycles. The molecule has 0 unspecified atom stereocenters. The number of aryl methyl sites for hydroxylation is 1. The van der Waals surface area contributed by atoms with Crippen LogP contribution in [0.2, 0.25) is 0 Å². The summed E-state index contributed by atoms with van der Waals surface area (Å²) < 4.78 is 7.54. The summed E-state index contributed by atoms with van der Waals surface area (Å²) in [6.07, 6.45) is 5.59. The zero-order valence-corrected chi connectivity index (χ0v) is 21.4. The van der Waals surface area contributed by atoms with Crippen molar-refractivity contribution < 1.29 is 19.4 Å². The number of amides is 2. The number of benzene rings is 2. The van der Waals surface area contributed by atoms with Gasteiger partial charge in [0.15, 0.2) is 0 Å². The van der Waals surface area contributed by atoms with E-state index in [0.29, 0.717) is 30.8 Å². The number of aliphatic hydroxyl groups is 1. The molecular formula is C29H34N4O4. The second-order valence-corrected chi connectivity index (χ2v) is 10.0. The lowest BCUT2D eigenvalue weighted by Crippen LogP contribution is -2.37. The number of anilines is 1. The van der Waals surface area contributed by atoms with Gasteiger partial charge in [-0.05, 0) is 62.4 Å². The quantitative estimate of drug-likeness (QED) is 0.455. The minimum atomic E-state index is -0.488. The Kier molecular flexibility index (Phi) is 6.93. The SMILES string of the molecule is COc1ccccc1CN1CCc2c(c(C)cn2-c2ccc(C(N)=O)c(NC3CCC(O)CC3)c2)C1=O. The average molecular weight is 503 g/mol. The van der Waals surface area contributed by atoms with Crippen LogP contribution in [0.15, 0.2) is 48.7 Å². The third-order valence-corrected chi connectivity index (χ3v) is 7.57. The number of aliphatic hydroxyl groups excluding tert-OH is 1. The Morgan fingerprint density at radius 1 is 1.16 bits per heavy atom. The maximum atomic E-state index is 13.6. The monoisotopic (exact) mass is 502 g/mol.